The van der Waals surface area contributed by atoms with Gasteiger partial charge in [-0.3, -0.25) is 14.9 Å². The SMILES string of the molecule is O=C1NC(=O)/C(=C/c2ccc(Sc3ccccc3)o2)S1. The van der Waals surface area contributed by atoms with Crippen molar-refractivity contribution in [2.75, 3.05) is 0 Å². The van der Waals surface area contributed by atoms with E-state index in [4.69, 9.17) is 4.42 Å². The van der Waals surface area contributed by atoms with Gasteiger partial charge < -0.3 is 4.42 Å². The molecule has 20 heavy (non-hydrogen) atoms. The molecule has 1 aliphatic heterocycles. The molecule has 1 aromatic heterocycles. The number of nitrogens with one attached hydrogen (secondary N) is 1. The number of benzene rings is 1. The van der Waals surface area contributed by atoms with Gasteiger partial charge in [-0.25, -0.2) is 0 Å². The monoisotopic (exact) mass is 303 g/mol. The summed E-state index contributed by atoms with van der Waals surface area (Å²) in [4.78, 5) is 23.9. The van der Waals surface area contributed by atoms with Gasteiger partial charge in [0.25, 0.3) is 11.1 Å². The fourth-order valence-electron chi connectivity index (χ4n) is 1.62. The number of imide groups is 1. The van der Waals surface area contributed by atoms with Crippen molar-refractivity contribution >= 4 is 40.7 Å². The van der Waals surface area contributed by atoms with Gasteiger partial charge in [-0.05, 0) is 36.0 Å². The van der Waals surface area contributed by atoms with Gasteiger partial charge in [0.1, 0.15) is 5.76 Å². The minimum Gasteiger partial charge on any atom is -0.450 e. The summed E-state index contributed by atoms with van der Waals surface area (Å²) in [6, 6.07) is 13.5. The highest BCUT2D eigenvalue weighted by Gasteiger charge is 2.25. The maximum atomic E-state index is 11.4. The van der Waals surface area contributed by atoms with Gasteiger partial charge in [0, 0.05) is 11.0 Å². The van der Waals surface area contributed by atoms with E-state index in [1.807, 2.05) is 36.4 Å². The average Bonchev–Trinajstić information content (AvgIpc) is 2.98. The van der Waals surface area contributed by atoms with Gasteiger partial charge in [0.2, 0.25) is 0 Å². The molecule has 0 unspecified atom stereocenters. The molecule has 0 radical (unpaired) electrons. The second-order valence-electron chi connectivity index (χ2n) is 3.92. The third-order valence-electron chi connectivity index (χ3n) is 2.48. The minimum absolute atomic E-state index is 0.348. The van der Waals surface area contributed by atoms with Crippen molar-refractivity contribution in [2.45, 2.75) is 9.99 Å². The summed E-state index contributed by atoms with van der Waals surface area (Å²) in [6.07, 6.45) is 1.57. The molecule has 1 saturated heterocycles. The van der Waals surface area contributed by atoms with E-state index in [1.165, 1.54) is 11.8 Å². The number of thioether (sulfide) groups is 1. The molecule has 2 heterocycles. The zero-order chi connectivity index (χ0) is 13.9. The van der Waals surface area contributed by atoms with E-state index in [0.717, 1.165) is 21.7 Å². The van der Waals surface area contributed by atoms with Gasteiger partial charge in [-0.15, -0.1) is 0 Å². The highest BCUT2D eigenvalue weighted by Crippen LogP contribution is 2.31. The van der Waals surface area contributed by atoms with Crippen LogP contribution in [0.1, 0.15) is 5.76 Å². The van der Waals surface area contributed by atoms with E-state index >= 15 is 0 Å². The molecule has 1 aromatic carbocycles. The van der Waals surface area contributed by atoms with Crippen LogP contribution < -0.4 is 5.32 Å². The smallest absolute Gasteiger partial charge is 0.290 e. The summed E-state index contributed by atoms with van der Waals surface area (Å²) >= 11 is 2.37. The number of hydrogen-bond donors (Lipinski definition) is 1. The third kappa shape index (κ3) is 2.97. The number of carbonyl (C=O) groups excluding carboxylic acids is 2. The lowest BCUT2D eigenvalue weighted by molar-refractivity contribution is -0.115. The topological polar surface area (TPSA) is 59.3 Å². The maximum absolute atomic E-state index is 11.4. The zero-order valence-corrected chi connectivity index (χ0v) is 11.8. The lowest BCUT2D eigenvalue weighted by Crippen LogP contribution is -2.17. The van der Waals surface area contributed by atoms with Gasteiger partial charge in [-0.2, -0.15) is 0 Å². The van der Waals surface area contributed by atoms with E-state index in [0.29, 0.717) is 10.7 Å². The van der Waals surface area contributed by atoms with E-state index in [9.17, 15) is 9.59 Å². The van der Waals surface area contributed by atoms with Crippen LogP contribution in [-0.2, 0) is 4.79 Å². The molecule has 0 aliphatic carbocycles. The second kappa shape index (κ2) is 5.60. The number of amides is 2. The average molecular weight is 303 g/mol. The van der Waals surface area contributed by atoms with Gasteiger partial charge >= 0.3 is 0 Å². The van der Waals surface area contributed by atoms with Crippen molar-refractivity contribution in [3.63, 3.8) is 0 Å². The van der Waals surface area contributed by atoms with E-state index in [1.54, 1.807) is 12.1 Å². The highest BCUT2D eigenvalue weighted by atomic mass is 32.2. The lowest BCUT2D eigenvalue weighted by Gasteiger charge is -1.96. The molecule has 2 aromatic rings. The Morgan fingerprint density at radius 3 is 2.60 bits per heavy atom. The van der Waals surface area contributed by atoms with Crippen molar-refractivity contribution in [2.24, 2.45) is 0 Å². The molecule has 3 rings (SSSR count). The van der Waals surface area contributed by atoms with Crippen LogP contribution in [0.5, 0.6) is 0 Å². The van der Waals surface area contributed by atoms with Crippen LogP contribution in [-0.4, -0.2) is 11.1 Å². The largest absolute Gasteiger partial charge is 0.450 e. The van der Waals surface area contributed by atoms with Gasteiger partial charge in [0.15, 0.2) is 5.09 Å². The Morgan fingerprint density at radius 2 is 1.90 bits per heavy atom. The molecular weight excluding hydrogens is 294 g/mol. The van der Waals surface area contributed by atoms with Crippen molar-refractivity contribution in [1.29, 1.82) is 0 Å². The zero-order valence-electron chi connectivity index (χ0n) is 10.2. The Hall–Kier alpha value is -1.92. The molecule has 6 heteroatoms. The van der Waals surface area contributed by atoms with Crippen molar-refractivity contribution in [3.8, 4) is 0 Å². The van der Waals surface area contributed by atoms with Gasteiger partial charge in [-0.1, -0.05) is 30.0 Å². The molecule has 1 N–H and O–H groups in total. The Balaban J connectivity index is 1.76. The van der Waals surface area contributed by atoms with E-state index in [-0.39, 0.29) is 11.1 Å². The molecule has 1 fully saturated rings. The molecule has 100 valence electrons. The number of rotatable bonds is 3. The van der Waals surface area contributed by atoms with Crippen LogP contribution in [0, 0.1) is 0 Å². The number of carbonyl (C=O) groups is 2. The summed E-state index contributed by atoms with van der Waals surface area (Å²) in [5.74, 6) is 0.171. The second-order valence-corrected chi connectivity index (χ2v) is 6.02. The minimum atomic E-state index is -0.381. The number of hydrogen-bond acceptors (Lipinski definition) is 5. The molecule has 0 saturated carbocycles. The fourth-order valence-corrected chi connectivity index (χ4v) is 3.08. The Labute approximate surface area is 123 Å². The first-order valence-electron chi connectivity index (χ1n) is 5.78. The van der Waals surface area contributed by atoms with Gasteiger partial charge in [0.05, 0.1) is 4.91 Å². The van der Waals surface area contributed by atoms with Crippen LogP contribution in [0.4, 0.5) is 4.79 Å². The van der Waals surface area contributed by atoms with Crippen LogP contribution >= 0.6 is 23.5 Å². The number of furan rings is 1. The van der Waals surface area contributed by atoms with Crippen LogP contribution in [0.15, 0.2) is 61.8 Å². The molecular formula is C14H9NO3S2. The summed E-state index contributed by atoms with van der Waals surface area (Å²) in [6.45, 7) is 0. The summed E-state index contributed by atoms with van der Waals surface area (Å²) in [5.41, 5.74) is 0. The molecule has 0 spiro atoms. The third-order valence-corrected chi connectivity index (χ3v) is 4.22. The first kappa shape index (κ1) is 13.1. The van der Waals surface area contributed by atoms with Crippen molar-refractivity contribution in [1.82, 2.24) is 5.32 Å². The maximum Gasteiger partial charge on any atom is 0.290 e. The Morgan fingerprint density at radius 1 is 1.10 bits per heavy atom. The highest BCUT2D eigenvalue weighted by molar-refractivity contribution is 8.18. The van der Waals surface area contributed by atoms with E-state index in [2.05, 4.69) is 5.32 Å². The van der Waals surface area contributed by atoms with Crippen LogP contribution in [0.2, 0.25) is 0 Å². The van der Waals surface area contributed by atoms with Crippen molar-refractivity contribution < 1.29 is 14.0 Å². The first-order valence-corrected chi connectivity index (χ1v) is 7.41. The van der Waals surface area contributed by atoms with Crippen LogP contribution in [0.3, 0.4) is 0 Å². The van der Waals surface area contributed by atoms with E-state index < -0.39 is 0 Å². The molecule has 0 atom stereocenters. The Bertz CT molecular complexity index is 691. The predicted octanol–water partition coefficient (Wildman–Crippen LogP) is 3.75. The normalized spacial score (nSPS) is 16.7. The Kier molecular flexibility index (Phi) is 3.66. The summed E-state index contributed by atoms with van der Waals surface area (Å²) in [7, 11) is 0. The standard InChI is InChI=1S/C14H9NO3S2/c16-13-11(20-14(17)15-13)8-9-6-7-12(18-9)19-10-4-2-1-3-5-10/h1-8H,(H,15,16,17)/b11-8-. The summed E-state index contributed by atoms with van der Waals surface area (Å²) in [5, 5.41) is 2.58. The fraction of sp³-hybridized carbons (Fsp3) is 0. The quantitative estimate of drug-likeness (QED) is 0.875. The predicted molar refractivity (Wildman–Crippen MR) is 78.4 cm³/mol. The van der Waals surface area contributed by atoms with Crippen LogP contribution in [0.25, 0.3) is 6.08 Å². The molecule has 1 aliphatic rings. The molecule has 2 amide bonds. The molecule has 4 nitrogen and oxygen atoms in total. The first-order chi connectivity index (χ1) is 9.70. The summed E-state index contributed by atoms with van der Waals surface area (Å²) < 4.78 is 5.62. The van der Waals surface area contributed by atoms with Crippen molar-refractivity contribution in [3.05, 3.63) is 53.1 Å². The molecule has 0 bridgehead atoms. The lowest BCUT2D eigenvalue weighted by atomic mass is 10.4.